The van der Waals surface area contributed by atoms with E-state index in [4.69, 9.17) is 21.0 Å². The number of hydrogen-bond donors (Lipinski definition) is 3. The molecular weight excluding hydrogens is 352 g/mol. The van der Waals surface area contributed by atoms with E-state index in [-0.39, 0.29) is 12.3 Å². The first-order chi connectivity index (χ1) is 12.8. The van der Waals surface area contributed by atoms with Gasteiger partial charge in [0, 0.05) is 31.2 Å². The fourth-order valence-corrected chi connectivity index (χ4v) is 2.86. The van der Waals surface area contributed by atoms with Gasteiger partial charge >= 0.3 is 17.8 Å². The number of hydrogen-bond acceptors (Lipinski definition) is 5. The summed E-state index contributed by atoms with van der Waals surface area (Å²) in [5, 5.41) is 16.2. The third kappa shape index (κ3) is 5.44. The third-order valence-corrected chi connectivity index (χ3v) is 4.35. The summed E-state index contributed by atoms with van der Waals surface area (Å²) in [6, 6.07) is 6.30. The molecule has 0 radical (unpaired) electrons. The molecule has 1 aliphatic rings. The number of carboxylic acid groups (broad SMARTS) is 1. The topological polar surface area (TPSA) is 137 Å². The Morgan fingerprint density at radius 2 is 1.93 bits per heavy atom. The Morgan fingerprint density at radius 1 is 1.26 bits per heavy atom. The summed E-state index contributed by atoms with van der Waals surface area (Å²) < 4.78 is 5.59. The number of nitrogens with two attached hydrogens (primary N) is 1. The number of carbonyl (C=O) groups excluding carboxylic acids is 2. The minimum absolute atomic E-state index is 0.0125. The summed E-state index contributed by atoms with van der Waals surface area (Å²) in [5.41, 5.74) is 6.00. The van der Waals surface area contributed by atoms with Gasteiger partial charge in [-0.1, -0.05) is 0 Å². The van der Waals surface area contributed by atoms with Crippen LogP contribution >= 0.6 is 0 Å². The van der Waals surface area contributed by atoms with Crippen molar-refractivity contribution in [1.29, 1.82) is 5.41 Å². The van der Waals surface area contributed by atoms with Crippen molar-refractivity contribution in [2.75, 3.05) is 26.2 Å². The Bertz CT molecular complexity index is 719. The molecule has 1 aliphatic heterocycles. The number of amidine groups is 1. The molecule has 0 bridgehead atoms. The van der Waals surface area contributed by atoms with Gasteiger partial charge in [-0.15, -0.1) is 0 Å². The highest BCUT2D eigenvalue weighted by Crippen LogP contribution is 2.14. The van der Waals surface area contributed by atoms with Crippen LogP contribution < -0.4 is 10.5 Å². The summed E-state index contributed by atoms with van der Waals surface area (Å²) in [7, 11) is 0. The van der Waals surface area contributed by atoms with Crippen LogP contribution in [0.15, 0.2) is 24.3 Å². The predicted molar refractivity (Wildman–Crippen MR) is 97.6 cm³/mol. The molecule has 1 fully saturated rings. The van der Waals surface area contributed by atoms with E-state index < -0.39 is 23.8 Å². The number of aliphatic carboxylic acids is 1. The van der Waals surface area contributed by atoms with Crippen LogP contribution in [0.1, 0.15) is 25.3 Å². The summed E-state index contributed by atoms with van der Waals surface area (Å²) in [5.74, 6) is -1.64. The Balaban J connectivity index is 1.77. The maximum atomic E-state index is 12.2. The van der Waals surface area contributed by atoms with E-state index in [9.17, 15) is 14.4 Å². The van der Waals surface area contributed by atoms with Crippen LogP contribution in [0, 0.1) is 5.41 Å². The molecule has 1 unspecified atom stereocenters. The summed E-state index contributed by atoms with van der Waals surface area (Å²) in [6.07, 6.45) is 0.368. The largest absolute Gasteiger partial charge is 0.494 e. The number of nitrogen functional groups attached to an aromatic ring is 1. The number of ether oxygens (including phenoxy) is 1. The van der Waals surface area contributed by atoms with E-state index in [1.165, 1.54) is 9.80 Å². The highest BCUT2D eigenvalue weighted by Gasteiger charge is 2.35. The van der Waals surface area contributed by atoms with Gasteiger partial charge in [-0.05, 0) is 37.6 Å². The molecule has 1 atom stereocenters. The van der Waals surface area contributed by atoms with E-state index in [0.29, 0.717) is 44.0 Å². The van der Waals surface area contributed by atoms with Gasteiger partial charge in [-0.2, -0.15) is 0 Å². The van der Waals surface area contributed by atoms with Gasteiger partial charge in [0.05, 0.1) is 13.0 Å². The van der Waals surface area contributed by atoms with Crippen LogP contribution in [0.4, 0.5) is 0 Å². The lowest BCUT2D eigenvalue weighted by Gasteiger charge is -2.36. The lowest BCUT2D eigenvalue weighted by molar-refractivity contribution is -0.158. The fraction of sp³-hybridized carbons (Fsp3) is 0.444. The van der Waals surface area contributed by atoms with Crippen LogP contribution in [0.25, 0.3) is 0 Å². The molecule has 27 heavy (non-hydrogen) atoms. The monoisotopic (exact) mass is 376 g/mol. The predicted octanol–water partition coefficient (Wildman–Crippen LogP) is 0.274. The minimum Gasteiger partial charge on any atom is -0.494 e. The Labute approximate surface area is 157 Å². The van der Waals surface area contributed by atoms with E-state index in [1.54, 1.807) is 31.2 Å². The van der Waals surface area contributed by atoms with Gasteiger partial charge in [0.25, 0.3) is 0 Å². The van der Waals surface area contributed by atoms with Gasteiger partial charge in [-0.3, -0.25) is 19.8 Å². The molecule has 4 N–H and O–H groups in total. The number of nitrogens with one attached hydrogen (secondary N) is 1. The summed E-state index contributed by atoms with van der Waals surface area (Å²) >= 11 is 0. The van der Waals surface area contributed by atoms with Gasteiger partial charge in [-0.25, -0.2) is 0 Å². The molecule has 9 heteroatoms. The van der Waals surface area contributed by atoms with Crippen molar-refractivity contribution < 1.29 is 24.2 Å². The normalized spacial score (nSPS) is 15.6. The quantitative estimate of drug-likeness (QED) is 0.245. The van der Waals surface area contributed by atoms with Crippen LogP contribution in [-0.4, -0.2) is 70.8 Å². The summed E-state index contributed by atoms with van der Waals surface area (Å²) in [6.45, 7) is 3.09. The van der Waals surface area contributed by atoms with Crippen molar-refractivity contribution in [3.8, 4) is 5.75 Å². The first-order valence-corrected chi connectivity index (χ1v) is 8.68. The third-order valence-electron chi connectivity index (χ3n) is 4.35. The fourth-order valence-electron chi connectivity index (χ4n) is 2.86. The lowest BCUT2D eigenvalue weighted by atomic mass is 10.1. The molecule has 1 aromatic carbocycles. The Morgan fingerprint density at radius 3 is 2.52 bits per heavy atom. The van der Waals surface area contributed by atoms with E-state index in [1.807, 2.05) is 0 Å². The maximum Gasteiger partial charge on any atom is 0.312 e. The van der Waals surface area contributed by atoms with Gasteiger partial charge in [0.15, 0.2) is 0 Å². The zero-order valence-electron chi connectivity index (χ0n) is 15.2. The van der Waals surface area contributed by atoms with E-state index in [2.05, 4.69) is 0 Å². The number of amides is 2. The van der Waals surface area contributed by atoms with Crippen LogP contribution in [0.3, 0.4) is 0 Å². The molecule has 2 rings (SSSR count). The van der Waals surface area contributed by atoms with Gasteiger partial charge in [0.1, 0.15) is 11.6 Å². The van der Waals surface area contributed by atoms with Crippen molar-refractivity contribution in [3.05, 3.63) is 29.8 Å². The number of benzene rings is 1. The van der Waals surface area contributed by atoms with Crippen LogP contribution in [-0.2, 0) is 14.4 Å². The molecule has 1 aromatic rings. The van der Waals surface area contributed by atoms with Crippen molar-refractivity contribution in [2.45, 2.75) is 25.8 Å². The molecule has 9 nitrogen and oxygen atoms in total. The molecule has 0 aromatic heterocycles. The average molecular weight is 376 g/mol. The zero-order chi connectivity index (χ0) is 20.0. The SMILES string of the molecule is CC(CC(=O)O)N1CCN(CCCOc2ccc(C(=N)N)cc2)C(=O)C1=O. The molecule has 1 heterocycles. The van der Waals surface area contributed by atoms with Gasteiger partial charge in [0.2, 0.25) is 0 Å². The standard InChI is InChI=1S/C18H24N4O5/c1-12(11-15(23)24)22-9-8-21(17(25)18(22)26)7-2-10-27-14-5-3-13(4-6-14)16(19)20/h3-6,12H,2,7-11H2,1H3,(H3,19,20)(H,23,24). The first-order valence-electron chi connectivity index (χ1n) is 8.68. The Kier molecular flexibility index (Phi) is 6.75. The van der Waals surface area contributed by atoms with Crippen LogP contribution in [0.2, 0.25) is 0 Å². The zero-order valence-corrected chi connectivity index (χ0v) is 15.2. The van der Waals surface area contributed by atoms with Crippen molar-refractivity contribution in [2.24, 2.45) is 5.73 Å². The average Bonchev–Trinajstić information content (AvgIpc) is 2.61. The lowest BCUT2D eigenvalue weighted by Crippen LogP contribution is -2.57. The second-order valence-corrected chi connectivity index (χ2v) is 6.38. The molecule has 0 spiro atoms. The van der Waals surface area contributed by atoms with Gasteiger partial charge < -0.3 is 25.4 Å². The number of piperazine rings is 1. The summed E-state index contributed by atoms with van der Waals surface area (Å²) in [4.78, 5) is 38.0. The second-order valence-electron chi connectivity index (χ2n) is 6.38. The maximum absolute atomic E-state index is 12.2. The smallest absolute Gasteiger partial charge is 0.312 e. The van der Waals surface area contributed by atoms with Crippen molar-refractivity contribution >= 4 is 23.6 Å². The second kappa shape index (κ2) is 9.02. The first kappa shape index (κ1) is 20.2. The molecule has 0 saturated carbocycles. The molecular formula is C18H24N4O5. The highest BCUT2D eigenvalue weighted by molar-refractivity contribution is 6.35. The highest BCUT2D eigenvalue weighted by atomic mass is 16.5. The molecule has 1 saturated heterocycles. The number of rotatable bonds is 9. The number of carbonyl (C=O) groups is 3. The Hall–Kier alpha value is -3.10. The van der Waals surface area contributed by atoms with E-state index >= 15 is 0 Å². The van der Waals surface area contributed by atoms with Crippen molar-refractivity contribution in [3.63, 3.8) is 0 Å². The number of carboxylic acids is 1. The molecule has 0 aliphatic carbocycles. The number of nitrogens with zero attached hydrogens (tertiary/aromatic N) is 2. The minimum atomic E-state index is -1.00. The van der Waals surface area contributed by atoms with Crippen LogP contribution in [0.5, 0.6) is 5.75 Å². The molecule has 146 valence electrons. The molecule has 2 amide bonds. The van der Waals surface area contributed by atoms with Crippen molar-refractivity contribution in [1.82, 2.24) is 9.80 Å². The van der Waals surface area contributed by atoms with E-state index in [0.717, 1.165) is 0 Å².